The number of halogens is 1. The van der Waals surface area contributed by atoms with Crippen LogP contribution >= 0.6 is 11.6 Å². The minimum atomic E-state index is -0.499. The van der Waals surface area contributed by atoms with Crippen LogP contribution in [-0.2, 0) is 9.59 Å². The standard InChI is InChI=1S/C13H15ClN2O2/c1-16(7-12(15)17)13(18)10-6-9(10)8-4-2-3-5-11(8)14/h2-5,9-10H,6-7H2,1H3,(H2,15,17)/t9-,10+/m1/s1. The zero-order valence-corrected chi connectivity index (χ0v) is 10.9. The average molecular weight is 267 g/mol. The molecule has 2 N–H and O–H groups in total. The molecule has 1 aliphatic carbocycles. The summed E-state index contributed by atoms with van der Waals surface area (Å²) >= 11 is 6.09. The van der Waals surface area contributed by atoms with E-state index < -0.39 is 5.91 Å². The summed E-state index contributed by atoms with van der Waals surface area (Å²) in [5.74, 6) is -0.449. The Bertz CT molecular complexity index is 490. The first kappa shape index (κ1) is 12.9. The number of hydrogen-bond donors (Lipinski definition) is 1. The van der Waals surface area contributed by atoms with Crippen LogP contribution in [0.25, 0.3) is 0 Å². The summed E-state index contributed by atoms with van der Waals surface area (Å²) in [6.45, 7) is -0.0371. The largest absolute Gasteiger partial charge is 0.368 e. The van der Waals surface area contributed by atoms with Gasteiger partial charge in [0.05, 0.1) is 6.54 Å². The lowest BCUT2D eigenvalue weighted by molar-refractivity contribution is -0.134. The van der Waals surface area contributed by atoms with Crippen LogP contribution in [0.3, 0.4) is 0 Å². The maximum Gasteiger partial charge on any atom is 0.237 e. The first-order chi connectivity index (χ1) is 8.50. The minimum absolute atomic E-state index is 0.0371. The van der Waals surface area contributed by atoms with Crippen LogP contribution in [-0.4, -0.2) is 30.3 Å². The van der Waals surface area contributed by atoms with Gasteiger partial charge in [0, 0.05) is 18.0 Å². The second-order valence-electron chi connectivity index (χ2n) is 4.63. The van der Waals surface area contributed by atoms with E-state index in [9.17, 15) is 9.59 Å². The zero-order valence-electron chi connectivity index (χ0n) is 10.1. The van der Waals surface area contributed by atoms with Crippen molar-refractivity contribution in [3.63, 3.8) is 0 Å². The van der Waals surface area contributed by atoms with Gasteiger partial charge in [-0.1, -0.05) is 29.8 Å². The predicted octanol–water partition coefficient (Wildman–Crippen LogP) is 1.39. The Morgan fingerprint density at radius 2 is 2.11 bits per heavy atom. The topological polar surface area (TPSA) is 63.4 Å². The molecule has 1 fully saturated rings. The Morgan fingerprint density at radius 3 is 2.72 bits per heavy atom. The lowest BCUT2D eigenvalue weighted by atomic mass is 10.1. The molecule has 1 saturated carbocycles. The molecule has 0 bridgehead atoms. The Labute approximate surface area is 111 Å². The maximum atomic E-state index is 12.0. The summed E-state index contributed by atoms with van der Waals surface area (Å²) in [7, 11) is 1.59. The van der Waals surface area contributed by atoms with E-state index >= 15 is 0 Å². The normalized spacial score (nSPS) is 21.4. The first-order valence-electron chi connectivity index (χ1n) is 5.78. The molecule has 4 nitrogen and oxygen atoms in total. The lowest BCUT2D eigenvalue weighted by Gasteiger charge is -2.15. The average Bonchev–Trinajstić information content (AvgIpc) is 3.07. The number of nitrogens with zero attached hydrogens (tertiary/aromatic N) is 1. The quantitative estimate of drug-likeness (QED) is 0.895. The number of hydrogen-bond acceptors (Lipinski definition) is 2. The molecule has 0 spiro atoms. The molecule has 1 aromatic rings. The second kappa shape index (κ2) is 4.98. The van der Waals surface area contributed by atoms with Crippen molar-refractivity contribution in [2.45, 2.75) is 12.3 Å². The molecule has 96 valence electrons. The summed E-state index contributed by atoms with van der Waals surface area (Å²) in [5.41, 5.74) is 6.07. The van der Waals surface area contributed by atoms with Crippen LogP contribution in [0.4, 0.5) is 0 Å². The number of rotatable bonds is 4. The van der Waals surface area contributed by atoms with Gasteiger partial charge in [-0.3, -0.25) is 9.59 Å². The Balaban J connectivity index is 2.01. The van der Waals surface area contributed by atoms with E-state index in [1.54, 1.807) is 7.05 Å². The van der Waals surface area contributed by atoms with Crippen molar-refractivity contribution < 1.29 is 9.59 Å². The number of nitrogens with two attached hydrogens (primary N) is 1. The van der Waals surface area contributed by atoms with Crippen molar-refractivity contribution in [2.24, 2.45) is 11.7 Å². The van der Waals surface area contributed by atoms with E-state index in [-0.39, 0.29) is 24.3 Å². The summed E-state index contributed by atoms with van der Waals surface area (Å²) < 4.78 is 0. The fourth-order valence-corrected chi connectivity index (χ4v) is 2.46. The van der Waals surface area contributed by atoms with Crippen LogP contribution < -0.4 is 5.73 Å². The van der Waals surface area contributed by atoms with Crippen LogP contribution in [0.15, 0.2) is 24.3 Å². The van der Waals surface area contributed by atoms with Crippen molar-refractivity contribution in [1.29, 1.82) is 0 Å². The van der Waals surface area contributed by atoms with Crippen molar-refractivity contribution in [2.75, 3.05) is 13.6 Å². The molecule has 0 saturated heterocycles. The fourth-order valence-electron chi connectivity index (χ4n) is 2.18. The van der Waals surface area contributed by atoms with E-state index in [0.717, 1.165) is 12.0 Å². The molecule has 1 aromatic carbocycles. The lowest BCUT2D eigenvalue weighted by Crippen LogP contribution is -2.36. The van der Waals surface area contributed by atoms with Gasteiger partial charge in [0.15, 0.2) is 0 Å². The van der Waals surface area contributed by atoms with E-state index in [4.69, 9.17) is 17.3 Å². The van der Waals surface area contributed by atoms with Crippen LogP contribution in [0.5, 0.6) is 0 Å². The highest BCUT2D eigenvalue weighted by Crippen LogP contribution is 2.50. The molecular weight excluding hydrogens is 252 g/mol. The molecule has 0 radical (unpaired) electrons. The monoisotopic (exact) mass is 266 g/mol. The Hall–Kier alpha value is -1.55. The molecule has 0 aliphatic heterocycles. The molecule has 0 aromatic heterocycles. The highest BCUT2D eigenvalue weighted by molar-refractivity contribution is 6.31. The van der Waals surface area contributed by atoms with Gasteiger partial charge in [-0.2, -0.15) is 0 Å². The van der Waals surface area contributed by atoms with Gasteiger partial charge in [-0.15, -0.1) is 0 Å². The van der Waals surface area contributed by atoms with Crippen molar-refractivity contribution in [1.82, 2.24) is 4.90 Å². The molecule has 0 unspecified atom stereocenters. The van der Waals surface area contributed by atoms with E-state index in [2.05, 4.69) is 0 Å². The first-order valence-corrected chi connectivity index (χ1v) is 6.16. The number of likely N-dealkylation sites (N-methyl/N-ethyl adjacent to an activating group) is 1. The number of carbonyl (C=O) groups excluding carboxylic acids is 2. The van der Waals surface area contributed by atoms with E-state index in [1.807, 2.05) is 24.3 Å². The molecule has 2 amide bonds. The zero-order chi connectivity index (χ0) is 13.3. The Kier molecular flexibility index (Phi) is 3.57. The molecule has 18 heavy (non-hydrogen) atoms. The Morgan fingerprint density at radius 1 is 1.44 bits per heavy atom. The van der Waals surface area contributed by atoms with Gasteiger partial charge in [0.25, 0.3) is 0 Å². The highest BCUT2D eigenvalue weighted by Gasteiger charge is 2.46. The highest BCUT2D eigenvalue weighted by atomic mass is 35.5. The predicted molar refractivity (Wildman–Crippen MR) is 69.1 cm³/mol. The number of carbonyl (C=O) groups is 2. The third-order valence-electron chi connectivity index (χ3n) is 3.18. The SMILES string of the molecule is CN(CC(N)=O)C(=O)[C@H]1C[C@@H]1c1ccccc1Cl. The van der Waals surface area contributed by atoms with Crippen LogP contribution in [0.2, 0.25) is 5.02 Å². The summed E-state index contributed by atoms with van der Waals surface area (Å²) in [4.78, 5) is 24.2. The number of primary amides is 1. The van der Waals surface area contributed by atoms with Gasteiger partial charge in [0.1, 0.15) is 0 Å². The smallest absolute Gasteiger partial charge is 0.237 e. The van der Waals surface area contributed by atoms with Gasteiger partial charge in [-0.25, -0.2) is 0 Å². The molecule has 5 heteroatoms. The van der Waals surface area contributed by atoms with Crippen molar-refractivity contribution in [3.8, 4) is 0 Å². The van der Waals surface area contributed by atoms with E-state index in [0.29, 0.717) is 5.02 Å². The summed E-state index contributed by atoms with van der Waals surface area (Å²) in [6.07, 6.45) is 0.783. The van der Waals surface area contributed by atoms with Crippen molar-refractivity contribution in [3.05, 3.63) is 34.9 Å². The molecule has 1 aliphatic rings. The molecule has 2 atom stereocenters. The molecule has 2 rings (SSSR count). The number of amides is 2. The molecular formula is C13H15ClN2O2. The van der Waals surface area contributed by atoms with Gasteiger partial charge >= 0.3 is 0 Å². The van der Waals surface area contributed by atoms with Crippen molar-refractivity contribution >= 4 is 23.4 Å². The third-order valence-corrected chi connectivity index (χ3v) is 3.53. The summed E-state index contributed by atoms with van der Waals surface area (Å²) in [6, 6.07) is 7.54. The maximum absolute atomic E-state index is 12.0. The van der Waals surface area contributed by atoms with Crippen LogP contribution in [0.1, 0.15) is 17.9 Å². The second-order valence-corrected chi connectivity index (χ2v) is 5.04. The van der Waals surface area contributed by atoms with E-state index in [1.165, 1.54) is 4.90 Å². The third kappa shape index (κ3) is 2.64. The minimum Gasteiger partial charge on any atom is -0.368 e. The fraction of sp³-hybridized carbons (Fsp3) is 0.385. The van der Waals surface area contributed by atoms with Gasteiger partial charge in [-0.05, 0) is 24.0 Å². The molecule has 0 heterocycles. The van der Waals surface area contributed by atoms with Crippen LogP contribution in [0, 0.1) is 5.92 Å². The number of benzene rings is 1. The van der Waals surface area contributed by atoms with Gasteiger partial charge < -0.3 is 10.6 Å². The summed E-state index contributed by atoms with van der Waals surface area (Å²) in [5, 5.41) is 0.690. The van der Waals surface area contributed by atoms with Gasteiger partial charge in [0.2, 0.25) is 11.8 Å².